The SMILES string of the molecule is COCCN(CCOC)c1nc(CN2CCOCC2)nc2sc(C)c(C)c12. The van der Waals surface area contributed by atoms with Crippen molar-refractivity contribution in [3.05, 3.63) is 16.3 Å². The van der Waals surface area contributed by atoms with Crippen LogP contribution in [0.3, 0.4) is 0 Å². The third-order valence-electron chi connectivity index (χ3n) is 4.95. The molecule has 3 rings (SSSR count). The highest BCUT2D eigenvalue weighted by Gasteiger charge is 2.21. The normalized spacial score (nSPS) is 15.6. The van der Waals surface area contributed by atoms with Gasteiger partial charge in [-0.2, -0.15) is 0 Å². The molecule has 150 valence electrons. The van der Waals surface area contributed by atoms with Crippen LogP contribution in [0.1, 0.15) is 16.3 Å². The molecule has 27 heavy (non-hydrogen) atoms. The van der Waals surface area contributed by atoms with Gasteiger partial charge in [0.15, 0.2) is 0 Å². The van der Waals surface area contributed by atoms with Crippen molar-refractivity contribution >= 4 is 27.4 Å². The van der Waals surface area contributed by atoms with E-state index in [0.717, 1.165) is 67.8 Å². The van der Waals surface area contributed by atoms with Gasteiger partial charge in [0.2, 0.25) is 0 Å². The molecule has 2 aromatic rings. The van der Waals surface area contributed by atoms with E-state index >= 15 is 0 Å². The first-order chi connectivity index (χ1) is 13.1. The summed E-state index contributed by atoms with van der Waals surface area (Å²) >= 11 is 1.75. The first-order valence-corrected chi connectivity index (χ1v) is 10.2. The van der Waals surface area contributed by atoms with Crippen molar-refractivity contribution in [2.75, 3.05) is 71.7 Å². The number of aryl methyl sites for hydroxylation is 2. The van der Waals surface area contributed by atoms with Crippen molar-refractivity contribution in [2.45, 2.75) is 20.4 Å². The maximum Gasteiger partial charge on any atom is 0.146 e. The molecule has 0 radical (unpaired) electrons. The lowest BCUT2D eigenvalue weighted by atomic mass is 10.2. The van der Waals surface area contributed by atoms with Crippen LogP contribution in [0, 0.1) is 13.8 Å². The zero-order chi connectivity index (χ0) is 19.2. The summed E-state index contributed by atoms with van der Waals surface area (Å²) in [5.74, 6) is 1.87. The van der Waals surface area contributed by atoms with E-state index in [4.69, 9.17) is 24.2 Å². The molecule has 1 fully saturated rings. The molecule has 0 amide bonds. The summed E-state index contributed by atoms with van der Waals surface area (Å²) in [6.45, 7) is 11.3. The zero-order valence-electron chi connectivity index (χ0n) is 16.8. The maximum absolute atomic E-state index is 5.46. The van der Waals surface area contributed by atoms with Gasteiger partial charge in [0.1, 0.15) is 16.5 Å². The van der Waals surface area contributed by atoms with Crippen LogP contribution < -0.4 is 4.90 Å². The Morgan fingerprint density at radius 2 is 1.74 bits per heavy atom. The number of fused-ring (bicyclic) bond motifs is 1. The second-order valence-corrected chi connectivity index (χ2v) is 7.99. The van der Waals surface area contributed by atoms with Crippen LogP contribution in [0.5, 0.6) is 0 Å². The molecule has 1 aliphatic rings. The molecule has 0 aromatic carbocycles. The number of aromatic nitrogens is 2. The van der Waals surface area contributed by atoms with Crippen molar-refractivity contribution < 1.29 is 14.2 Å². The van der Waals surface area contributed by atoms with Crippen molar-refractivity contribution in [3.63, 3.8) is 0 Å². The van der Waals surface area contributed by atoms with Gasteiger partial charge in [0.25, 0.3) is 0 Å². The fourth-order valence-corrected chi connectivity index (χ4v) is 4.30. The summed E-state index contributed by atoms with van der Waals surface area (Å²) in [5, 5.41) is 1.16. The minimum Gasteiger partial charge on any atom is -0.383 e. The molecule has 0 bridgehead atoms. The molecule has 8 heteroatoms. The molecule has 0 spiro atoms. The summed E-state index contributed by atoms with van der Waals surface area (Å²) in [7, 11) is 3.46. The monoisotopic (exact) mass is 394 g/mol. The lowest BCUT2D eigenvalue weighted by molar-refractivity contribution is 0.0331. The Bertz CT molecular complexity index is 738. The van der Waals surface area contributed by atoms with E-state index in [2.05, 4.69) is 23.6 Å². The van der Waals surface area contributed by atoms with E-state index < -0.39 is 0 Å². The largest absolute Gasteiger partial charge is 0.383 e. The van der Waals surface area contributed by atoms with Crippen LogP contribution in [-0.2, 0) is 20.8 Å². The molecule has 0 atom stereocenters. The molecular weight excluding hydrogens is 364 g/mol. The van der Waals surface area contributed by atoms with Gasteiger partial charge in [0, 0.05) is 45.3 Å². The minimum atomic E-state index is 0.649. The predicted molar refractivity (Wildman–Crippen MR) is 109 cm³/mol. The number of anilines is 1. The van der Waals surface area contributed by atoms with E-state index in [0.29, 0.717) is 13.2 Å². The highest BCUT2D eigenvalue weighted by atomic mass is 32.1. The van der Waals surface area contributed by atoms with E-state index in [1.807, 2.05) is 0 Å². The first-order valence-electron chi connectivity index (χ1n) is 9.43. The lowest BCUT2D eigenvalue weighted by Crippen LogP contribution is -2.36. The molecule has 2 aromatic heterocycles. The van der Waals surface area contributed by atoms with Crippen LogP contribution in [0.15, 0.2) is 0 Å². The van der Waals surface area contributed by atoms with E-state index in [1.165, 1.54) is 10.4 Å². The molecule has 7 nitrogen and oxygen atoms in total. The summed E-state index contributed by atoms with van der Waals surface area (Å²) in [5.41, 5.74) is 1.27. The minimum absolute atomic E-state index is 0.649. The topological polar surface area (TPSA) is 60.0 Å². The van der Waals surface area contributed by atoms with Crippen molar-refractivity contribution in [2.24, 2.45) is 0 Å². The first kappa shape index (κ1) is 20.4. The zero-order valence-corrected chi connectivity index (χ0v) is 17.6. The summed E-state index contributed by atoms with van der Waals surface area (Å²) in [6.07, 6.45) is 0. The van der Waals surface area contributed by atoms with Crippen LogP contribution >= 0.6 is 11.3 Å². The van der Waals surface area contributed by atoms with Gasteiger partial charge in [-0.25, -0.2) is 9.97 Å². The number of morpholine rings is 1. The Balaban J connectivity index is 1.97. The molecule has 0 aliphatic carbocycles. The summed E-state index contributed by atoms with van der Waals surface area (Å²) in [6, 6.07) is 0. The fraction of sp³-hybridized carbons (Fsp3) is 0.684. The Hall–Kier alpha value is -1.32. The van der Waals surface area contributed by atoms with Crippen LogP contribution in [-0.4, -0.2) is 81.7 Å². The van der Waals surface area contributed by atoms with Crippen LogP contribution in [0.4, 0.5) is 5.82 Å². The third-order valence-corrected chi connectivity index (χ3v) is 6.06. The Morgan fingerprint density at radius 1 is 1.07 bits per heavy atom. The molecule has 0 unspecified atom stereocenters. The van der Waals surface area contributed by atoms with Gasteiger partial charge in [-0.05, 0) is 19.4 Å². The molecule has 1 aliphatic heterocycles. The Labute approximate surface area is 165 Å². The van der Waals surface area contributed by atoms with E-state index in [-0.39, 0.29) is 0 Å². The van der Waals surface area contributed by atoms with Crippen molar-refractivity contribution in [1.82, 2.24) is 14.9 Å². The standard InChI is InChI=1S/C19H30N4O3S/c1-14-15(2)27-19-17(14)18(23(7-9-24-3)8-10-25-4)20-16(21-19)13-22-5-11-26-12-6-22/h5-13H2,1-4H3. The smallest absolute Gasteiger partial charge is 0.146 e. The van der Waals surface area contributed by atoms with Crippen LogP contribution in [0.2, 0.25) is 0 Å². The Morgan fingerprint density at radius 3 is 2.37 bits per heavy atom. The van der Waals surface area contributed by atoms with Gasteiger partial charge in [-0.3, -0.25) is 4.90 Å². The number of hydrogen-bond acceptors (Lipinski definition) is 8. The number of ether oxygens (including phenoxy) is 3. The molecule has 3 heterocycles. The number of nitrogens with zero attached hydrogens (tertiary/aromatic N) is 4. The number of methoxy groups -OCH3 is 2. The molecule has 0 saturated carbocycles. The quantitative estimate of drug-likeness (QED) is 0.646. The average Bonchev–Trinajstić information content (AvgIpc) is 2.96. The molecule has 0 N–H and O–H groups in total. The number of thiophene rings is 1. The Kier molecular flexibility index (Phi) is 7.37. The summed E-state index contributed by atoms with van der Waals surface area (Å²) in [4.78, 5) is 16.9. The van der Waals surface area contributed by atoms with Crippen molar-refractivity contribution in [1.29, 1.82) is 0 Å². The second-order valence-electron chi connectivity index (χ2n) is 6.79. The molecular formula is C19H30N4O3S. The highest BCUT2D eigenvalue weighted by Crippen LogP contribution is 2.35. The summed E-state index contributed by atoms with van der Waals surface area (Å²) < 4.78 is 16.1. The molecule has 1 saturated heterocycles. The fourth-order valence-electron chi connectivity index (χ4n) is 3.26. The van der Waals surface area contributed by atoms with Gasteiger partial charge < -0.3 is 19.1 Å². The van der Waals surface area contributed by atoms with Crippen molar-refractivity contribution in [3.8, 4) is 0 Å². The second kappa shape index (κ2) is 9.75. The maximum atomic E-state index is 5.46. The number of hydrogen-bond donors (Lipinski definition) is 0. The lowest BCUT2D eigenvalue weighted by Gasteiger charge is -2.27. The van der Waals surface area contributed by atoms with Gasteiger partial charge in [-0.15, -0.1) is 11.3 Å². The van der Waals surface area contributed by atoms with Crippen LogP contribution in [0.25, 0.3) is 10.2 Å². The highest BCUT2D eigenvalue weighted by molar-refractivity contribution is 7.18. The van der Waals surface area contributed by atoms with E-state index in [9.17, 15) is 0 Å². The van der Waals surface area contributed by atoms with Gasteiger partial charge in [-0.1, -0.05) is 0 Å². The van der Waals surface area contributed by atoms with Gasteiger partial charge >= 0.3 is 0 Å². The predicted octanol–water partition coefficient (Wildman–Crippen LogP) is 2.24. The number of rotatable bonds is 9. The van der Waals surface area contributed by atoms with Gasteiger partial charge in [0.05, 0.1) is 38.4 Å². The van der Waals surface area contributed by atoms with E-state index in [1.54, 1.807) is 25.6 Å². The third kappa shape index (κ3) is 4.94. The average molecular weight is 395 g/mol.